The monoisotopic (exact) mass is 424 g/mol. The van der Waals surface area contributed by atoms with Crippen molar-refractivity contribution in [2.75, 3.05) is 17.1 Å². The van der Waals surface area contributed by atoms with E-state index >= 15 is 0 Å². The molecule has 1 heterocycles. The molecule has 0 saturated heterocycles. The Labute approximate surface area is 174 Å². The van der Waals surface area contributed by atoms with E-state index in [2.05, 4.69) is 20.0 Å². The number of nitrogens with zero attached hydrogens (tertiary/aromatic N) is 2. The van der Waals surface area contributed by atoms with E-state index in [0.717, 1.165) is 11.1 Å². The number of carbonyl (C=O) groups is 1. The minimum absolute atomic E-state index is 0.0216. The topological polar surface area (TPSA) is 110 Å². The minimum Gasteiger partial charge on any atom is -0.481 e. The van der Waals surface area contributed by atoms with Gasteiger partial charge < -0.3 is 10.1 Å². The van der Waals surface area contributed by atoms with E-state index in [4.69, 9.17) is 4.74 Å². The molecule has 1 amide bonds. The van der Waals surface area contributed by atoms with Crippen LogP contribution in [0.3, 0.4) is 0 Å². The summed E-state index contributed by atoms with van der Waals surface area (Å²) in [6.45, 7) is 1.99. The van der Waals surface area contributed by atoms with Crippen molar-refractivity contribution in [2.24, 2.45) is 0 Å². The third kappa shape index (κ3) is 5.65. The summed E-state index contributed by atoms with van der Waals surface area (Å²) in [5.74, 6) is -0.00249. The van der Waals surface area contributed by atoms with Crippen LogP contribution in [0.2, 0.25) is 0 Å². The van der Waals surface area contributed by atoms with Gasteiger partial charge in [0.05, 0.1) is 12.0 Å². The number of aromatic nitrogens is 2. The summed E-state index contributed by atoms with van der Waals surface area (Å²) in [4.78, 5) is 19.8. The van der Waals surface area contributed by atoms with Gasteiger partial charge >= 0.3 is 0 Å². The molecule has 1 aromatic heterocycles. The maximum atomic E-state index is 12.5. The van der Waals surface area contributed by atoms with Gasteiger partial charge in [0.2, 0.25) is 11.8 Å². The van der Waals surface area contributed by atoms with Gasteiger partial charge in [-0.2, -0.15) is 0 Å². The number of hydrogen-bond donors (Lipinski definition) is 2. The Bertz CT molecular complexity index is 1160. The molecule has 3 rings (SSSR count). The molecule has 0 aliphatic rings. The normalized spacial score (nSPS) is 11.3. The molecule has 2 aromatic carbocycles. The van der Waals surface area contributed by atoms with Crippen molar-refractivity contribution in [3.63, 3.8) is 0 Å². The molecule has 0 aliphatic heterocycles. The molecule has 2 N–H and O–H groups in total. The van der Waals surface area contributed by atoms with Crippen LogP contribution in [-0.2, 0) is 14.8 Å². The summed E-state index contributed by atoms with van der Waals surface area (Å²) in [6.07, 6.45) is 4.31. The summed E-state index contributed by atoms with van der Waals surface area (Å²) >= 11 is 0. The molecule has 30 heavy (non-hydrogen) atoms. The lowest BCUT2D eigenvalue weighted by molar-refractivity contribution is -0.111. The van der Waals surface area contributed by atoms with Crippen LogP contribution in [0.4, 0.5) is 11.5 Å². The Morgan fingerprint density at radius 3 is 2.40 bits per heavy atom. The maximum absolute atomic E-state index is 12.5. The smallest absolute Gasteiger partial charge is 0.263 e. The van der Waals surface area contributed by atoms with Crippen molar-refractivity contribution in [2.45, 2.75) is 11.8 Å². The number of sulfonamides is 1. The standard InChI is InChI=1S/C21H20N4O4S/c1-15-3-5-16(6-4-15)7-12-20(26)24-17-8-10-18(11-9-17)30(27,28)25-19-13-21(29-2)23-14-22-19/h3-14H,1-2H3,(H,24,26)(H,22,23,25)/b12-7+. The van der Waals surface area contributed by atoms with Crippen LogP contribution < -0.4 is 14.8 Å². The summed E-state index contributed by atoms with van der Waals surface area (Å²) < 4.78 is 32.3. The van der Waals surface area contributed by atoms with Crippen LogP contribution in [0.15, 0.2) is 71.9 Å². The van der Waals surface area contributed by atoms with Crippen LogP contribution in [0.25, 0.3) is 6.08 Å². The molecule has 0 fully saturated rings. The fraction of sp³-hybridized carbons (Fsp3) is 0.0952. The lowest BCUT2D eigenvalue weighted by Crippen LogP contribution is -2.14. The number of nitrogens with one attached hydrogen (secondary N) is 2. The zero-order chi connectivity index (χ0) is 21.6. The van der Waals surface area contributed by atoms with Crippen LogP contribution in [0.5, 0.6) is 5.88 Å². The largest absolute Gasteiger partial charge is 0.481 e. The number of anilines is 2. The van der Waals surface area contributed by atoms with Gasteiger partial charge in [-0.1, -0.05) is 29.8 Å². The van der Waals surface area contributed by atoms with Gasteiger partial charge in [-0.3, -0.25) is 9.52 Å². The molecule has 0 atom stereocenters. The predicted octanol–water partition coefficient (Wildman–Crippen LogP) is 3.25. The molecule has 8 nitrogen and oxygen atoms in total. The predicted molar refractivity (Wildman–Crippen MR) is 115 cm³/mol. The zero-order valence-electron chi connectivity index (χ0n) is 16.4. The van der Waals surface area contributed by atoms with E-state index in [1.165, 1.54) is 49.8 Å². The molecule has 154 valence electrons. The van der Waals surface area contributed by atoms with Gasteiger partial charge in [0.1, 0.15) is 12.1 Å². The number of aryl methyl sites for hydroxylation is 1. The summed E-state index contributed by atoms with van der Waals surface area (Å²) in [6, 6.07) is 14.9. The Kier molecular flexibility index (Phi) is 6.43. The Morgan fingerprint density at radius 2 is 1.73 bits per heavy atom. The highest BCUT2D eigenvalue weighted by atomic mass is 32.2. The van der Waals surface area contributed by atoms with E-state index in [0.29, 0.717) is 5.69 Å². The van der Waals surface area contributed by atoms with Crippen LogP contribution in [0, 0.1) is 6.92 Å². The second-order valence-electron chi connectivity index (χ2n) is 6.31. The van der Waals surface area contributed by atoms with Gasteiger partial charge in [0.15, 0.2) is 0 Å². The molecule has 0 spiro atoms. The highest BCUT2D eigenvalue weighted by Gasteiger charge is 2.15. The molecule has 3 aromatic rings. The molecular weight excluding hydrogens is 404 g/mol. The van der Waals surface area contributed by atoms with Gasteiger partial charge in [0.25, 0.3) is 10.0 Å². The minimum atomic E-state index is -3.86. The van der Waals surface area contributed by atoms with Gasteiger partial charge in [-0.15, -0.1) is 0 Å². The van der Waals surface area contributed by atoms with Crippen LogP contribution >= 0.6 is 0 Å². The average Bonchev–Trinajstić information content (AvgIpc) is 2.73. The second kappa shape index (κ2) is 9.19. The van der Waals surface area contributed by atoms with E-state index in [1.807, 2.05) is 31.2 Å². The zero-order valence-corrected chi connectivity index (χ0v) is 17.2. The number of ether oxygens (including phenoxy) is 1. The van der Waals surface area contributed by atoms with Crippen molar-refractivity contribution < 1.29 is 17.9 Å². The molecule has 0 radical (unpaired) electrons. The third-order valence-electron chi connectivity index (χ3n) is 4.03. The Morgan fingerprint density at radius 1 is 1.03 bits per heavy atom. The Hall–Kier alpha value is -3.72. The first kappa shape index (κ1) is 21.0. The lowest BCUT2D eigenvalue weighted by atomic mass is 10.1. The summed E-state index contributed by atoms with van der Waals surface area (Å²) in [7, 11) is -2.44. The van der Waals surface area contributed by atoms with Gasteiger partial charge in [-0.25, -0.2) is 18.4 Å². The SMILES string of the molecule is COc1cc(NS(=O)(=O)c2ccc(NC(=O)/C=C/c3ccc(C)cc3)cc2)ncn1. The highest BCUT2D eigenvalue weighted by molar-refractivity contribution is 7.92. The summed E-state index contributed by atoms with van der Waals surface area (Å²) in [5.41, 5.74) is 2.51. The van der Waals surface area contributed by atoms with Gasteiger partial charge in [0, 0.05) is 17.8 Å². The van der Waals surface area contributed by atoms with Crippen molar-refractivity contribution >= 4 is 33.5 Å². The molecule has 0 saturated carbocycles. The first-order valence-electron chi connectivity index (χ1n) is 8.90. The molecular formula is C21H20N4O4S. The Balaban J connectivity index is 1.64. The third-order valence-corrected chi connectivity index (χ3v) is 5.40. The lowest BCUT2D eigenvalue weighted by Gasteiger charge is -2.09. The fourth-order valence-electron chi connectivity index (χ4n) is 2.45. The molecule has 9 heteroatoms. The maximum Gasteiger partial charge on any atom is 0.263 e. The average molecular weight is 424 g/mol. The van der Waals surface area contributed by atoms with Gasteiger partial charge in [-0.05, 0) is 42.8 Å². The molecule has 0 aliphatic carbocycles. The molecule has 0 unspecified atom stereocenters. The summed E-state index contributed by atoms with van der Waals surface area (Å²) in [5, 5.41) is 2.69. The quantitative estimate of drug-likeness (QED) is 0.564. The molecule has 0 bridgehead atoms. The van der Waals surface area contributed by atoms with Crippen molar-refractivity contribution in [3.05, 3.63) is 78.1 Å². The van der Waals surface area contributed by atoms with E-state index in [9.17, 15) is 13.2 Å². The number of hydrogen-bond acceptors (Lipinski definition) is 6. The van der Waals surface area contributed by atoms with E-state index < -0.39 is 10.0 Å². The fourth-order valence-corrected chi connectivity index (χ4v) is 3.45. The second-order valence-corrected chi connectivity index (χ2v) is 7.99. The van der Waals surface area contributed by atoms with Crippen LogP contribution in [-0.4, -0.2) is 31.4 Å². The van der Waals surface area contributed by atoms with Crippen molar-refractivity contribution in [1.29, 1.82) is 0 Å². The van der Waals surface area contributed by atoms with E-state index in [-0.39, 0.29) is 22.5 Å². The van der Waals surface area contributed by atoms with E-state index in [1.54, 1.807) is 6.08 Å². The van der Waals surface area contributed by atoms with Crippen molar-refractivity contribution in [3.8, 4) is 5.88 Å². The van der Waals surface area contributed by atoms with Crippen molar-refractivity contribution in [1.82, 2.24) is 9.97 Å². The highest BCUT2D eigenvalue weighted by Crippen LogP contribution is 2.19. The van der Waals surface area contributed by atoms with Crippen LogP contribution in [0.1, 0.15) is 11.1 Å². The number of amides is 1. The number of carbonyl (C=O) groups excluding carboxylic acids is 1. The first-order valence-corrected chi connectivity index (χ1v) is 10.4. The number of methoxy groups -OCH3 is 1. The number of benzene rings is 2. The first-order chi connectivity index (χ1) is 14.4. The number of rotatable bonds is 7.